The van der Waals surface area contributed by atoms with Gasteiger partial charge in [-0.25, -0.2) is 0 Å². The minimum Gasteiger partial charge on any atom is -0.360 e. The number of rotatable bonds is 4. The monoisotopic (exact) mass is 354 g/mol. The molecule has 2 saturated heterocycles. The molecule has 0 saturated carbocycles. The number of nitrogens with zero attached hydrogens (tertiary/aromatic N) is 4. The molecule has 0 unspecified atom stereocenters. The highest BCUT2D eigenvalue weighted by atomic mass is 16.5. The van der Waals surface area contributed by atoms with E-state index in [1.54, 1.807) is 12.4 Å². The van der Waals surface area contributed by atoms with Crippen molar-refractivity contribution in [1.82, 2.24) is 19.9 Å². The van der Waals surface area contributed by atoms with Gasteiger partial charge in [0.15, 0.2) is 5.76 Å². The first-order chi connectivity index (χ1) is 12.6. The molecule has 0 bridgehead atoms. The normalized spacial score (nSPS) is 20.7. The first-order valence-corrected chi connectivity index (χ1v) is 9.43. The lowest BCUT2D eigenvalue weighted by molar-refractivity contribution is -0.140. The molecule has 0 aromatic carbocycles. The molecule has 2 fully saturated rings. The second kappa shape index (κ2) is 7.19. The Kier molecular flexibility index (Phi) is 4.76. The average molecular weight is 354 g/mol. The molecule has 0 radical (unpaired) electrons. The fourth-order valence-corrected chi connectivity index (χ4v) is 4.26. The summed E-state index contributed by atoms with van der Waals surface area (Å²) in [5, 5.41) is 3.97. The number of likely N-dealkylation sites (tertiary alicyclic amines) is 2. The second-order valence-electron chi connectivity index (χ2n) is 7.82. The van der Waals surface area contributed by atoms with Crippen molar-refractivity contribution in [3.63, 3.8) is 0 Å². The van der Waals surface area contributed by atoms with Crippen molar-refractivity contribution in [2.45, 2.75) is 45.7 Å². The van der Waals surface area contributed by atoms with Crippen LogP contribution in [0.4, 0.5) is 0 Å². The number of aryl methyl sites for hydroxylation is 1. The van der Waals surface area contributed by atoms with Crippen LogP contribution in [0.3, 0.4) is 0 Å². The van der Waals surface area contributed by atoms with Gasteiger partial charge in [0.25, 0.3) is 0 Å². The van der Waals surface area contributed by atoms with Gasteiger partial charge in [0.1, 0.15) is 0 Å². The van der Waals surface area contributed by atoms with Gasteiger partial charge >= 0.3 is 0 Å². The molecule has 2 aromatic heterocycles. The maximum Gasteiger partial charge on any atom is 0.222 e. The van der Waals surface area contributed by atoms with Gasteiger partial charge in [-0.1, -0.05) is 5.16 Å². The Morgan fingerprint density at radius 2 is 1.92 bits per heavy atom. The summed E-state index contributed by atoms with van der Waals surface area (Å²) >= 11 is 0. The molecule has 138 valence electrons. The van der Waals surface area contributed by atoms with E-state index in [9.17, 15) is 4.79 Å². The van der Waals surface area contributed by atoms with Crippen LogP contribution in [0.2, 0.25) is 0 Å². The van der Waals surface area contributed by atoms with Crippen molar-refractivity contribution in [2.75, 3.05) is 19.6 Å². The second-order valence-corrected chi connectivity index (χ2v) is 7.82. The number of piperidine rings is 2. The van der Waals surface area contributed by atoms with E-state index in [1.165, 1.54) is 0 Å². The summed E-state index contributed by atoms with van der Waals surface area (Å²) in [6, 6.07) is 6.01. The summed E-state index contributed by atoms with van der Waals surface area (Å²) in [6.07, 6.45) is 7.56. The van der Waals surface area contributed by atoms with Crippen molar-refractivity contribution in [3.05, 3.63) is 47.6 Å². The van der Waals surface area contributed by atoms with Crippen molar-refractivity contribution < 1.29 is 9.32 Å². The molecule has 2 aliphatic rings. The Morgan fingerprint density at radius 1 is 1.15 bits per heavy atom. The van der Waals surface area contributed by atoms with Crippen molar-refractivity contribution in [3.8, 4) is 0 Å². The molecular formula is C20H26N4O2. The molecule has 4 heterocycles. The smallest absolute Gasteiger partial charge is 0.222 e. The van der Waals surface area contributed by atoms with Crippen LogP contribution in [0.1, 0.15) is 42.7 Å². The third-order valence-electron chi connectivity index (χ3n) is 5.84. The first-order valence-electron chi connectivity index (χ1n) is 9.43. The minimum atomic E-state index is 0.273. The van der Waals surface area contributed by atoms with Gasteiger partial charge < -0.3 is 9.42 Å². The molecule has 26 heavy (non-hydrogen) atoms. The van der Waals surface area contributed by atoms with Crippen LogP contribution in [0, 0.1) is 12.3 Å². The van der Waals surface area contributed by atoms with Gasteiger partial charge in [-0.15, -0.1) is 0 Å². The molecule has 4 rings (SSSR count). The highest BCUT2D eigenvalue weighted by Gasteiger charge is 2.40. The minimum absolute atomic E-state index is 0.273. The molecule has 2 aliphatic heterocycles. The van der Waals surface area contributed by atoms with Gasteiger partial charge in [-0.2, -0.15) is 0 Å². The third-order valence-corrected chi connectivity index (χ3v) is 5.84. The van der Waals surface area contributed by atoms with Gasteiger partial charge in [-0.3, -0.25) is 14.7 Å². The topological polar surface area (TPSA) is 62.5 Å². The fraction of sp³-hybridized carbons (Fsp3) is 0.550. The van der Waals surface area contributed by atoms with E-state index in [-0.39, 0.29) is 11.3 Å². The van der Waals surface area contributed by atoms with Crippen LogP contribution in [0.15, 0.2) is 35.1 Å². The van der Waals surface area contributed by atoms with E-state index < -0.39 is 0 Å². The Labute approximate surface area is 154 Å². The number of carbonyl (C=O) groups is 1. The lowest BCUT2D eigenvalue weighted by atomic mass is 9.72. The van der Waals surface area contributed by atoms with Gasteiger partial charge in [0, 0.05) is 38.0 Å². The Hall–Kier alpha value is -2.21. The lowest BCUT2D eigenvalue weighted by Crippen LogP contribution is -2.51. The zero-order chi connectivity index (χ0) is 18.0. The Bertz CT molecular complexity index is 750. The molecular weight excluding hydrogens is 328 g/mol. The van der Waals surface area contributed by atoms with E-state index in [0.717, 1.165) is 62.5 Å². The molecule has 6 nitrogen and oxygen atoms in total. The molecule has 0 aliphatic carbocycles. The van der Waals surface area contributed by atoms with Crippen LogP contribution in [-0.2, 0) is 17.9 Å². The van der Waals surface area contributed by atoms with Crippen LogP contribution in [-0.4, -0.2) is 45.5 Å². The number of hydrogen-bond donors (Lipinski definition) is 0. The van der Waals surface area contributed by atoms with Gasteiger partial charge in [0.2, 0.25) is 5.91 Å². The summed E-state index contributed by atoms with van der Waals surface area (Å²) in [5.74, 6) is 1.23. The number of hydrogen-bond acceptors (Lipinski definition) is 5. The zero-order valence-corrected chi connectivity index (χ0v) is 15.4. The summed E-state index contributed by atoms with van der Waals surface area (Å²) in [6.45, 7) is 6.47. The molecule has 0 N–H and O–H groups in total. The summed E-state index contributed by atoms with van der Waals surface area (Å²) < 4.78 is 5.35. The highest BCUT2D eigenvalue weighted by Crippen LogP contribution is 2.40. The fourth-order valence-electron chi connectivity index (χ4n) is 4.26. The third kappa shape index (κ3) is 3.80. The van der Waals surface area contributed by atoms with Crippen LogP contribution < -0.4 is 0 Å². The molecule has 6 heteroatoms. The number of aromatic nitrogens is 2. The molecule has 1 spiro atoms. The van der Waals surface area contributed by atoms with Crippen LogP contribution >= 0.6 is 0 Å². The highest BCUT2D eigenvalue weighted by molar-refractivity contribution is 5.77. The summed E-state index contributed by atoms with van der Waals surface area (Å²) in [7, 11) is 0. The maximum atomic E-state index is 12.4. The quantitative estimate of drug-likeness (QED) is 0.845. The van der Waals surface area contributed by atoms with Crippen molar-refractivity contribution in [1.29, 1.82) is 0 Å². The van der Waals surface area contributed by atoms with E-state index in [4.69, 9.17) is 4.52 Å². The predicted octanol–water partition coefficient (Wildman–Crippen LogP) is 2.78. The first kappa shape index (κ1) is 17.2. The molecule has 1 amide bonds. The Morgan fingerprint density at radius 3 is 2.62 bits per heavy atom. The van der Waals surface area contributed by atoms with Gasteiger partial charge in [0.05, 0.1) is 12.2 Å². The maximum absolute atomic E-state index is 12.4. The van der Waals surface area contributed by atoms with E-state index in [0.29, 0.717) is 13.0 Å². The lowest BCUT2D eigenvalue weighted by Gasteiger charge is -2.47. The number of amides is 1. The van der Waals surface area contributed by atoms with E-state index >= 15 is 0 Å². The van der Waals surface area contributed by atoms with Crippen LogP contribution in [0.25, 0.3) is 0 Å². The molecule has 2 aromatic rings. The predicted molar refractivity (Wildman–Crippen MR) is 97.1 cm³/mol. The summed E-state index contributed by atoms with van der Waals surface area (Å²) in [4.78, 5) is 21.0. The average Bonchev–Trinajstić information content (AvgIpc) is 3.06. The van der Waals surface area contributed by atoms with Gasteiger partial charge in [-0.05, 0) is 62.4 Å². The number of carbonyl (C=O) groups excluding carboxylic acids is 1. The number of pyridine rings is 1. The largest absolute Gasteiger partial charge is 0.360 e. The standard InChI is InChI=1S/C20H26N4O2/c1-16-12-18(26-22-16)14-23-10-6-20(7-11-23)5-2-19(25)24(15-20)13-17-3-8-21-9-4-17/h3-4,8-9,12H,2,5-7,10-11,13-15H2,1H3. The molecule has 0 atom stereocenters. The summed E-state index contributed by atoms with van der Waals surface area (Å²) in [5.41, 5.74) is 2.36. The Balaban J connectivity index is 1.36. The van der Waals surface area contributed by atoms with Crippen LogP contribution in [0.5, 0.6) is 0 Å². The SMILES string of the molecule is Cc1cc(CN2CCC3(CCC(=O)N(Cc4ccncc4)C3)CC2)on1. The van der Waals surface area contributed by atoms with E-state index in [1.807, 2.05) is 30.0 Å². The van der Waals surface area contributed by atoms with Crippen molar-refractivity contribution >= 4 is 5.91 Å². The van der Waals surface area contributed by atoms with E-state index in [2.05, 4.69) is 15.0 Å². The van der Waals surface area contributed by atoms with Crippen molar-refractivity contribution in [2.24, 2.45) is 5.41 Å². The zero-order valence-electron chi connectivity index (χ0n) is 15.4.